The van der Waals surface area contributed by atoms with Crippen LogP contribution >= 0.6 is 0 Å². The van der Waals surface area contributed by atoms with Crippen molar-refractivity contribution < 1.29 is 9.53 Å². The largest absolute Gasteiger partial charge is 0.466 e. The zero-order valence-electron chi connectivity index (χ0n) is 10.0. The van der Waals surface area contributed by atoms with Gasteiger partial charge in [-0.2, -0.15) is 0 Å². The number of esters is 1. The molecule has 0 aromatic carbocycles. The number of hydrogen-bond acceptors (Lipinski definition) is 2. The minimum Gasteiger partial charge on any atom is -0.466 e. The van der Waals surface area contributed by atoms with Crippen molar-refractivity contribution in [1.29, 1.82) is 0 Å². The Morgan fingerprint density at radius 3 is 2.29 bits per heavy atom. The van der Waals surface area contributed by atoms with Crippen LogP contribution in [0.5, 0.6) is 0 Å². The Morgan fingerprint density at radius 2 is 1.93 bits per heavy atom. The Kier molecular flexibility index (Phi) is 3.09. The van der Waals surface area contributed by atoms with E-state index in [1.54, 1.807) is 0 Å². The lowest BCUT2D eigenvalue weighted by Gasteiger charge is -2.15. The molecule has 1 unspecified atom stereocenters. The van der Waals surface area contributed by atoms with E-state index in [1.807, 2.05) is 0 Å². The topological polar surface area (TPSA) is 26.3 Å². The van der Waals surface area contributed by atoms with Crippen molar-refractivity contribution >= 4 is 14.0 Å². The molecule has 0 heterocycles. The van der Waals surface area contributed by atoms with Crippen LogP contribution in [0.15, 0.2) is 0 Å². The standard InChI is InChI=1S/C11H22O2Si/c1-11(2)8-9(11)10(12)13-6-7-14(3,4)5/h9H,6-8H2,1-5H3. The summed E-state index contributed by atoms with van der Waals surface area (Å²) in [5.41, 5.74) is 0.205. The van der Waals surface area contributed by atoms with E-state index in [0.29, 0.717) is 6.61 Å². The van der Waals surface area contributed by atoms with Crippen LogP contribution in [0.2, 0.25) is 25.7 Å². The summed E-state index contributed by atoms with van der Waals surface area (Å²) in [6, 6.07) is 1.08. The van der Waals surface area contributed by atoms with Crippen LogP contribution < -0.4 is 0 Å². The van der Waals surface area contributed by atoms with E-state index in [-0.39, 0.29) is 17.3 Å². The number of carbonyl (C=O) groups excluding carboxylic acids is 1. The zero-order valence-corrected chi connectivity index (χ0v) is 11.0. The second kappa shape index (κ2) is 3.68. The second-order valence-electron chi connectivity index (χ2n) is 6.22. The summed E-state index contributed by atoms with van der Waals surface area (Å²) in [5, 5.41) is 0. The molecule has 0 aromatic heterocycles. The van der Waals surface area contributed by atoms with E-state index >= 15 is 0 Å². The fourth-order valence-corrected chi connectivity index (χ4v) is 2.14. The molecule has 1 atom stereocenters. The van der Waals surface area contributed by atoms with Crippen LogP contribution in [0.4, 0.5) is 0 Å². The van der Waals surface area contributed by atoms with E-state index in [2.05, 4.69) is 33.5 Å². The SMILES string of the molecule is CC1(C)CC1C(=O)OCC[Si](C)(C)C. The van der Waals surface area contributed by atoms with E-state index in [1.165, 1.54) is 0 Å². The highest BCUT2D eigenvalue weighted by molar-refractivity contribution is 6.76. The first-order chi connectivity index (χ1) is 6.22. The summed E-state index contributed by atoms with van der Waals surface area (Å²) in [5.74, 6) is 0.192. The summed E-state index contributed by atoms with van der Waals surface area (Å²) in [6.07, 6.45) is 0.999. The third kappa shape index (κ3) is 3.44. The van der Waals surface area contributed by atoms with Crippen LogP contribution in [0, 0.1) is 11.3 Å². The number of hydrogen-bond donors (Lipinski definition) is 0. The van der Waals surface area contributed by atoms with Gasteiger partial charge in [0, 0.05) is 8.07 Å². The van der Waals surface area contributed by atoms with E-state index in [4.69, 9.17) is 4.74 Å². The first kappa shape index (κ1) is 11.8. The third-order valence-corrected chi connectivity index (χ3v) is 4.60. The summed E-state index contributed by atoms with van der Waals surface area (Å²) in [7, 11) is -1.05. The number of rotatable bonds is 4. The molecule has 0 saturated heterocycles. The van der Waals surface area contributed by atoms with Crippen molar-refractivity contribution in [3.63, 3.8) is 0 Å². The third-order valence-electron chi connectivity index (χ3n) is 2.89. The first-order valence-electron chi connectivity index (χ1n) is 5.39. The molecule has 3 heteroatoms. The summed E-state index contributed by atoms with van der Waals surface area (Å²) in [4.78, 5) is 11.5. The van der Waals surface area contributed by atoms with Gasteiger partial charge in [0.05, 0.1) is 12.5 Å². The van der Waals surface area contributed by atoms with Crippen molar-refractivity contribution in [2.45, 2.75) is 46.0 Å². The molecule has 1 aliphatic rings. The monoisotopic (exact) mass is 214 g/mol. The molecule has 0 amide bonds. The van der Waals surface area contributed by atoms with Gasteiger partial charge in [-0.15, -0.1) is 0 Å². The summed E-state index contributed by atoms with van der Waals surface area (Å²) >= 11 is 0. The average Bonchev–Trinajstić information content (AvgIpc) is 2.57. The van der Waals surface area contributed by atoms with Crippen LogP contribution in [0.1, 0.15) is 20.3 Å². The lowest BCUT2D eigenvalue weighted by atomic mass is 10.1. The van der Waals surface area contributed by atoms with E-state index in [9.17, 15) is 4.79 Å². The fraction of sp³-hybridized carbons (Fsp3) is 0.909. The predicted octanol–water partition coefficient (Wildman–Crippen LogP) is 2.91. The molecule has 1 rings (SSSR count). The van der Waals surface area contributed by atoms with Crippen molar-refractivity contribution in [3.05, 3.63) is 0 Å². The molecule has 1 saturated carbocycles. The van der Waals surface area contributed by atoms with Crippen molar-refractivity contribution in [2.75, 3.05) is 6.61 Å². The molecule has 1 fully saturated rings. The predicted molar refractivity (Wildman–Crippen MR) is 61.0 cm³/mol. The lowest BCUT2D eigenvalue weighted by molar-refractivity contribution is -0.145. The molecule has 0 aliphatic heterocycles. The second-order valence-corrected chi connectivity index (χ2v) is 11.8. The van der Waals surface area contributed by atoms with Gasteiger partial charge in [-0.05, 0) is 17.9 Å². The highest BCUT2D eigenvalue weighted by atomic mass is 28.3. The molecule has 14 heavy (non-hydrogen) atoms. The molecule has 82 valence electrons. The Bertz CT molecular complexity index is 228. The maximum Gasteiger partial charge on any atom is 0.309 e. The van der Waals surface area contributed by atoms with E-state index < -0.39 is 8.07 Å². The average molecular weight is 214 g/mol. The Hall–Kier alpha value is -0.313. The quantitative estimate of drug-likeness (QED) is 0.531. The molecule has 0 radical (unpaired) electrons. The van der Waals surface area contributed by atoms with Crippen LogP contribution in [0.25, 0.3) is 0 Å². The molecule has 0 spiro atoms. The van der Waals surface area contributed by atoms with Gasteiger partial charge in [0.1, 0.15) is 0 Å². The minimum atomic E-state index is -1.05. The van der Waals surface area contributed by atoms with Gasteiger partial charge in [-0.1, -0.05) is 33.5 Å². The highest BCUT2D eigenvalue weighted by Gasteiger charge is 2.51. The van der Waals surface area contributed by atoms with Gasteiger partial charge in [0.15, 0.2) is 0 Å². The highest BCUT2D eigenvalue weighted by Crippen LogP contribution is 2.52. The van der Waals surface area contributed by atoms with Gasteiger partial charge in [0.2, 0.25) is 0 Å². The molecular formula is C11H22O2Si. The van der Waals surface area contributed by atoms with Crippen molar-refractivity contribution in [1.82, 2.24) is 0 Å². The van der Waals surface area contributed by atoms with Crippen molar-refractivity contribution in [2.24, 2.45) is 11.3 Å². The smallest absolute Gasteiger partial charge is 0.309 e. The van der Waals surface area contributed by atoms with Gasteiger partial charge in [0.25, 0.3) is 0 Å². The number of ether oxygens (including phenoxy) is 1. The van der Waals surface area contributed by atoms with Crippen LogP contribution in [-0.2, 0) is 9.53 Å². The summed E-state index contributed by atoms with van der Waals surface area (Å²) < 4.78 is 5.27. The Balaban J connectivity index is 2.18. The van der Waals surface area contributed by atoms with Crippen LogP contribution in [-0.4, -0.2) is 20.7 Å². The lowest BCUT2D eigenvalue weighted by Crippen LogP contribution is -2.23. The fourth-order valence-electron chi connectivity index (χ4n) is 1.43. The molecular weight excluding hydrogens is 192 g/mol. The van der Waals surface area contributed by atoms with Crippen molar-refractivity contribution in [3.8, 4) is 0 Å². The minimum absolute atomic E-state index is 0.0215. The van der Waals surface area contributed by atoms with E-state index in [0.717, 1.165) is 12.5 Å². The molecule has 0 aromatic rings. The number of carbonyl (C=O) groups is 1. The van der Waals surface area contributed by atoms with Gasteiger partial charge in [-0.3, -0.25) is 4.79 Å². The van der Waals surface area contributed by atoms with Gasteiger partial charge >= 0.3 is 5.97 Å². The first-order valence-corrected chi connectivity index (χ1v) is 9.10. The van der Waals surface area contributed by atoms with Gasteiger partial charge < -0.3 is 4.74 Å². The zero-order chi connectivity index (χ0) is 11.0. The molecule has 0 N–H and O–H groups in total. The molecule has 0 bridgehead atoms. The Morgan fingerprint density at radius 1 is 1.43 bits per heavy atom. The molecule has 1 aliphatic carbocycles. The Labute approximate surface area is 88.0 Å². The maximum absolute atomic E-state index is 11.5. The maximum atomic E-state index is 11.5. The van der Waals surface area contributed by atoms with Gasteiger partial charge in [-0.25, -0.2) is 0 Å². The summed E-state index contributed by atoms with van der Waals surface area (Å²) in [6.45, 7) is 11.8. The normalized spacial score (nSPS) is 24.5. The molecule has 2 nitrogen and oxygen atoms in total. The van der Waals surface area contributed by atoms with Crippen LogP contribution in [0.3, 0.4) is 0 Å².